The molecule has 0 aliphatic heterocycles. The first-order valence-corrected chi connectivity index (χ1v) is 7.09. The van der Waals surface area contributed by atoms with Gasteiger partial charge in [0, 0.05) is 12.1 Å². The number of alkyl halides is 3. The topological polar surface area (TPSA) is 12.0 Å². The summed E-state index contributed by atoms with van der Waals surface area (Å²) in [6, 6.07) is 0.501. The van der Waals surface area contributed by atoms with Gasteiger partial charge >= 0.3 is 6.18 Å². The minimum Gasteiger partial charge on any atom is -0.311 e. The smallest absolute Gasteiger partial charge is 0.311 e. The van der Waals surface area contributed by atoms with Gasteiger partial charge in [0.25, 0.3) is 0 Å². The van der Waals surface area contributed by atoms with Crippen molar-refractivity contribution in [2.24, 2.45) is 11.3 Å². The van der Waals surface area contributed by atoms with Crippen molar-refractivity contribution in [3.63, 3.8) is 0 Å². The Bertz CT molecular complexity index is 285. The highest BCUT2D eigenvalue weighted by molar-refractivity contribution is 4.90. The third-order valence-corrected chi connectivity index (χ3v) is 4.58. The molecule has 2 aliphatic rings. The van der Waals surface area contributed by atoms with Crippen molar-refractivity contribution in [1.29, 1.82) is 0 Å². The van der Waals surface area contributed by atoms with Crippen molar-refractivity contribution in [3.05, 3.63) is 0 Å². The maximum absolute atomic E-state index is 12.7. The van der Waals surface area contributed by atoms with Gasteiger partial charge in [-0.3, -0.25) is 0 Å². The lowest BCUT2D eigenvalue weighted by Gasteiger charge is -2.33. The quantitative estimate of drug-likeness (QED) is 0.784. The Morgan fingerprint density at radius 2 is 1.78 bits per heavy atom. The standard InChI is InChI=1S/C14H24F3N/c1-13(2)7-6-12(9-13)18-11-5-3-4-10(8-11)14(15,16)17/h10-12,18H,3-9H2,1-2H3. The molecule has 2 saturated carbocycles. The van der Waals surface area contributed by atoms with E-state index in [1.54, 1.807) is 0 Å². The number of nitrogens with one attached hydrogen (secondary N) is 1. The van der Waals surface area contributed by atoms with E-state index < -0.39 is 12.1 Å². The van der Waals surface area contributed by atoms with E-state index in [4.69, 9.17) is 0 Å². The van der Waals surface area contributed by atoms with Gasteiger partial charge < -0.3 is 5.32 Å². The molecule has 0 heterocycles. The Morgan fingerprint density at radius 3 is 2.33 bits per heavy atom. The van der Waals surface area contributed by atoms with Crippen LogP contribution in [0.3, 0.4) is 0 Å². The van der Waals surface area contributed by atoms with Crippen molar-refractivity contribution in [2.75, 3.05) is 0 Å². The van der Waals surface area contributed by atoms with E-state index in [0.717, 1.165) is 19.3 Å². The molecule has 0 amide bonds. The zero-order chi connectivity index (χ0) is 13.4. The molecule has 2 fully saturated rings. The van der Waals surface area contributed by atoms with Crippen molar-refractivity contribution >= 4 is 0 Å². The summed E-state index contributed by atoms with van der Waals surface area (Å²) in [5.41, 5.74) is 0.357. The van der Waals surface area contributed by atoms with Gasteiger partial charge in [0.1, 0.15) is 0 Å². The Hall–Kier alpha value is -0.250. The van der Waals surface area contributed by atoms with Crippen LogP contribution in [0.15, 0.2) is 0 Å². The van der Waals surface area contributed by atoms with Crippen LogP contribution in [0.5, 0.6) is 0 Å². The first kappa shape index (κ1) is 14.2. The number of halogens is 3. The van der Waals surface area contributed by atoms with Crippen molar-refractivity contribution < 1.29 is 13.2 Å². The molecule has 0 aromatic rings. The molecule has 1 N–H and O–H groups in total. The fourth-order valence-corrected chi connectivity index (χ4v) is 3.55. The second-order valence-electron chi connectivity index (χ2n) is 6.87. The van der Waals surface area contributed by atoms with Crippen molar-refractivity contribution in [3.8, 4) is 0 Å². The predicted octanol–water partition coefficient (Wildman–Crippen LogP) is 4.28. The van der Waals surface area contributed by atoms with Crippen molar-refractivity contribution in [1.82, 2.24) is 5.32 Å². The number of hydrogen-bond donors (Lipinski definition) is 1. The highest BCUT2D eigenvalue weighted by Gasteiger charge is 2.42. The molecular formula is C14H24F3N. The molecule has 2 rings (SSSR count). The lowest BCUT2D eigenvalue weighted by Crippen LogP contribution is -2.43. The first-order chi connectivity index (χ1) is 8.26. The summed E-state index contributed by atoms with van der Waals surface area (Å²) in [4.78, 5) is 0. The molecular weight excluding hydrogens is 239 g/mol. The monoisotopic (exact) mass is 263 g/mol. The van der Waals surface area contributed by atoms with Crippen molar-refractivity contribution in [2.45, 2.75) is 77.1 Å². The molecule has 2 aliphatic carbocycles. The number of rotatable bonds is 2. The van der Waals surface area contributed by atoms with E-state index >= 15 is 0 Å². The van der Waals surface area contributed by atoms with Crippen LogP contribution in [0, 0.1) is 11.3 Å². The maximum Gasteiger partial charge on any atom is 0.391 e. The fourth-order valence-electron chi connectivity index (χ4n) is 3.55. The van der Waals surface area contributed by atoms with E-state index in [1.165, 1.54) is 6.42 Å². The van der Waals surface area contributed by atoms with Crippen LogP contribution in [0.25, 0.3) is 0 Å². The third-order valence-electron chi connectivity index (χ3n) is 4.58. The Kier molecular flexibility index (Phi) is 3.96. The van der Waals surface area contributed by atoms with Crippen LogP contribution in [-0.2, 0) is 0 Å². The summed E-state index contributed by atoms with van der Waals surface area (Å²) < 4.78 is 38.2. The van der Waals surface area contributed by atoms with E-state index in [9.17, 15) is 13.2 Å². The van der Waals surface area contributed by atoms with Gasteiger partial charge in [-0.25, -0.2) is 0 Å². The number of hydrogen-bond acceptors (Lipinski definition) is 1. The average Bonchev–Trinajstić information content (AvgIpc) is 2.57. The van der Waals surface area contributed by atoms with E-state index in [2.05, 4.69) is 19.2 Å². The molecule has 4 heteroatoms. The summed E-state index contributed by atoms with van der Waals surface area (Å²) in [5, 5.41) is 3.48. The summed E-state index contributed by atoms with van der Waals surface area (Å²) in [7, 11) is 0. The van der Waals surface area contributed by atoms with Gasteiger partial charge in [-0.05, 0) is 43.9 Å². The minimum absolute atomic E-state index is 0.0734. The Morgan fingerprint density at radius 1 is 1.06 bits per heavy atom. The summed E-state index contributed by atoms with van der Waals surface area (Å²) in [6.45, 7) is 4.49. The summed E-state index contributed by atoms with van der Waals surface area (Å²) in [5.74, 6) is -1.09. The third kappa shape index (κ3) is 3.62. The molecule has 106 valence electrons. The summed E-state index contributed by atoms with van der Waals surface area (Å²) in [6.07, 6.45) is 1.59. The van der Waals surface area contributed by atoms with Crippen LogP contribution in [0.4, 0.5) is 13.2 Å². The normalized spacial score (nSPS) is 36.8. The molecule has 3 atom stereocenters. The van der Waals surface area contributed by atoms with E-state index in [-0.39, 0.29) is 12.5 Å². The van der Waals surface area contributed by atoms with E-state index in [1.807, 2.05) is 0 Å². The highest BCUT2D eigenvalue weighted by atomic mass is 19.4. The second-order valence-corrected chi connectivity index (χ2v) is 6.87. The Labute approximate surface area is 108 Å². The largest absolute Gasteiger partial charge is 0.391 e. The second kappa shape index (κ2) is 5.03. The molecule has 18 heavy (non-hydrogen) atoms. The van der Waals surface area contributed by atoms with Gasteiger partial charge in [-0.15, -0.1) is 0 Å². The first-order valence-electron chi connectivity index (χ1n) is 7.09. The predicted molar refractivity (Wildman–Crippen MR) is 66.4 cm³/mol. The average molecular weight is 263 g/mol. The highest BCUT2D eigenvalue weighted by Crippen LogP contribution is 2.40. The molecule has 3 unspecified atom stereocenters. The van der Waals surface area contributed by atoms with Crippen LogP contribution in [-0.4, -0.2) is 18.3 Å². The van der Waals surface area contributed by atoms with Gasteiger partial charge in [0.15, 0.2) is 0 Å². The summed E-state index contributed by atoms with van der Waals surface area (Å²) >= 11 is 0. The molecule has 1 nitrogen and oxygen atoms in total. The molecule has 0 radical (unpaired) electrons. The minimum atomic E-state index is -4.00. The van der Waals surface area contributed by atoms with Gasteiger partial charge in [-0.1, -0.05) is 20.3 Å². The molecule has 0 aromatic heterocycles. The van der Waals surface area contributed by atoms with Crippen LogP contribution in [0.2, 0.25) is 0 Å². The zero-order valence-electron chi connectivity index (χ0n) is 11.3. The van der Waals surface area contributed by atoms with Gasteiger partial charge in [-0.2, -0.15) is 13.2 Å². The maximum atomic E-state index is 12.7. The lowest BCUT2D eigenvalue weighted by atomic mass is 9.84. The van der Waals surface area contributed by atoms with Gasteiger partial charge in [0.05, 0.1) is 5.92 Å². The zero-order valence-corrected chi connectivity index (χ0v) is 11.3. The molecule has 0 bridgehead atoms. The lowest BCUT2D eigenvalue weighted by molar-refractivity contribution is -0.183. The Balaban J connectivity index is 1.83. The van der Waals surface area contributed by atoms with Crippen LogP contribution >= 0.6 is 0 Å². The molecule has 0 spiro atoms. The van der Waals surface area contributed by atoms with E-state index in [0.29, 0.717) is 24.3 Å². The fraction of sp³-hybridized carbons (Fsp3) is 1.00. The van der Waals surface area contributed by atoms with Gasteiger partial charge in [0.2, 0.25) is 0 Å². The van der Waals surface area contributed by atoms with Crippen LogP contribution in [0.1, 0.15) is 58.8 Å². The SMILES string of the molecule is CC1(C)CCC(NC2CCCC(C(F)(F)F)C2)C1. The molecule has 0 aromatic carbocycles. The van der Waals surface area contributed by atoms with Crippen LogP contribution < -0.4 is 5.32 Å². The molecule has 0 saturated heterocycles.